The summed E-state index contributed by atoms with van der Waals surface area (Å²) in [5.74, 6) is 0. The van der Waals surface area contributed by atoms with E-state index in [2.05, 4.69) is 26.2 Å². The van der Waals surface area contributed by atoms with E-state index >= 15 is 0 Å². The number of hydrogen-bond acceptors (Lipinski definition) is 5. The second-order valence-corrected chi connectivity index (χ2v) is 9.20. The number of benzene rings is 1. The lowest BCUT2D eigenvalue weighted by Crippen LogP contribution is -2.38. The topological polar surface area (TPSA) is 85.1 Å². The molecule has 1 aromatic heterocycles. The Morgan fingerprint density at radius 3 is 2.67 bits per heavy atom. The number of anilines is 2. The lowest BCUT2D eigenvalue weighted by atomic mass is 10.1. The van der Waals surface area contributed by atoms with E-state index in [0.717, 1.165) is 21.1 Å². The lowest BCUT2D eigenvalue weighted by molar-refractivity contribution is 0.560. The molecule has 0 saturated heterocycles. The third-order valence-electron chi connectivity index (χ3n) is 3.56. The predicted molar refractivity (Wildman–Crippen MR) is 91.3 cm³/mol. The van der Waals surface area contributed by atoms with Crippen LogP contribution in [0.4, 0.5) is 11.4 Å². The van der Waals surface area contributed by atoms with Gasteiger partial charge in [0.1, 0.15) is 0 Å². The average molecular weight is 372 g/mol. The van der Waals surface area contributed by atoms with Crippen molar-refractivity contribution in [2.24, 2.45) is 0 Å². The first kappa shape index (κ1) is 16.0. The van der Waals surface area contributed by atoms with Crippen LogP contribution in [0.3, 0.4) is 0 Å². The van der Waals surface area contributed by atoms with Crippen molar-refractivity contribution in [1.29, 1.82) is 0 Å². The van der Waals surface area contributed by atoms with E-state index in [0.29, 0.717) is 12.2 Å². The molecule has 1 aromatic carbocycles. The van der Waals surface area contributed by atoms with Gasteiger partial charge in [0.2, 0.25) is 0 Å². The molecule has 0 aliphatic carbocycles. The monoisotopic (exact) mass is 371 g/mol. The highest BCUT2D eigenvalue weighted by Gasteiger charge is 2.30. The van der Waals surface area contributed by atoms with Crippen molar-refractivity contribution >= 4 is 48.0 Å². The minimum atomic E-state index is -3.16. The molecule has 0 bridgehead atoms. The maximum Gasteiger partial charge on any atom is 0.154 e. The Morgan fingerprint density at radius 1 is 1.38 bits per heavy atom. The summed E-state index contributed by atoms with van der Waals surface area (Å²) in [6, 6.07) is 5.49. The van der Waals surface area contributed by atoms with Crippen molar-refractivity contribution in [1.82, 2.24) is 4.98 Å². The summed E-state index contributed by atoms with van der Waals surface area (Å²) in [6.45, 7) is 3.68. The summed E-state index contributed by atoms with van der Waals surface area (Å²) in [5.41, 5.74) is 8.08. The van der Waals surface area contributed by atoms with Gasteiger partial charge in [0.25, 0.3) is 0 Å². The van der Waals surface area contributed by atoms with Crippen molar-refractivity contribution in [3.63, 3.8) is 0 Å². The van der Waals surface area contributed by atoms with E-state index < -0.39 is 14.6 Å². The van der Waals surface area contributed by atoms with E-state index in [1.807, 2.05) is 12.1 Å². The highest BCUT2D eigenvalue weighted by molar-refractivity contribution is 9.10. The molecule has 0 aliphatic rings. The van der Waals surface area contributed by atoms with Crippen LogP contribution in [-0.2, 0) is 9.84 Å². The Balaban J connectivity index is 2.39. The van der Waals surface area contributed by atoms with Crippen molar-refractivity contribution in [2.75, 3.05) is 23.9 Å². The van der Waals surface area contributed by atoms with Crippen LogP contribution in [0.5, 0.6) is 0 Å². The van der Waals surface area contributed by atoms with Gasteiger partial charge >= 0.3 is 0 Å². The number of sulfone groups is 1. The zero-order valence-electron chi connectivity index (χ0n) is 12.1. The Morgan fingerprint density at radius 2 is 2.05 bits per heavy atom. The molecular formula is C14H18BrN3O2S. The average Bonchev–Trinajstić information content (AvgIpc) is 2.37. The molecule has 114 valence electrons. The van der Waals surface area contributed by atoms with Crippen molar-refractivity contribution in [3.05, 3.63) is 28.9 Å². The Labute approximate surface area is 133 Å². The van der Waals surface area contributed by atoms with E-state index in [1.54, 1.807) is 26.1 Å². The molecule has 2 aromatic rings. The van der Waals surface area contributed by atoms with Crippen molar-refractivity contribution in [2.45, 2.75) is 18.6 Å². The van der Waals surface area contributed by atoms with Gasteiger partial charge in [-0.1, -0.05) is 0 Å². The third kappa shape index (κ3) is 3.29. The molecule has 0 aliphatic heterocycles. The quantitative estimate of drug-likeness (QED) is 0.807. The van der Waals surface area contributed by atoms with Crippen LogP contribution in [0.2, 0.25) is 0 Å². The van der Waals surface area contributed by atoms with Crippen LogP contribution >= 0.6 is 15.9 Å². The molecule has 1 heterocycles. The van der Waals surface area contributed by atoms with Crippen molar-refractivity contribution in [3.8, 4) is 0 Å². The number of hydrogen-bond donors (Lipinski definition) is 2. The SMILES string of the molecule is CC(C)(CNc1ccc(N)c2cc(Br)cnc12)S(C)(=O)=O. The first-order chi connectivity index (χ1) is 9.62. The van der Waals surface area contributed by atoms with Gasteiger partial charge in [-0.05, 0) is 48.0 Å². The fraction of sp³-hybridized carbons (Fsp3) is 0.357. The highest BCUT2D eigenvalue weighted by Crippen LogP contribution is 2.29. The molecule has 0 unspecified atom stereocenters. The fourth-order valence-corrected chi connectivity index (χ4v) is 2.46. The Hall–Kier alpha value is -1.34. The summed E-state index contributed by atoms with van der Waals surface area (Å²) in [4.78, 5) is 4.37. The van der Waals surface area contributed by atoms with Gasteiger partial charge in [-0.25, -0.2) is 8.42 Å². The smallest absolute Gasteiger partial charge is 0.154 e. The molecule has 0 spiro atoms. The summed E-state index contributed by atoms with van der Waals surface area (Å²) < 4.78 is 23.5. The molecule has 0 saturated carbocycles. The second kappa shape index (κ2) is 5.46. The normalized spacial score (nSPS) is 12.6. The number of fused-ring (bicyclic) bond motifs is 1. The number of nitrogens with zero attached hydrogens (tertiary/aromatic N) is 1. The van der Waals surface area contributed by atoms with Gasteiger partial charge in [0.15, 0.2) is 9.84 Å². The van der Waals surface area contributed by atoms with Crippen LogP contribution in [-0.4, -0.2) is 30.9 Å². The van der Waals surface area contributed by atoms with Crippen LogP contribution in [0.15, 0.2) is 28.9 Å². The van der Waals surface area contributed by atoms with E-state index in [4.69, 9.17) is 5.73 Å². The molecular weight excluding hydrogens is 354 g/mol. The molecule has 0 atom stereocenters. The van der Waals surface area contributed by atoms with Gasteiger partial charge in [0, 0.05) is 34.5 Å². The van der Waals surface area contributed by atoms with Gasteiger partial charge in [-0.3, -0.25) is 4.98 Å². The highest BCUT2D eigenvalue weighted by atomic mass is 79.9. The summed E-state index contributed by atoms with van der Waals surface area (Å²) in [5, 5.41) is 3.99. The Kier molecular flexibility index (Phi) is 4.17. The largest absolute Gasteiger partial charge is 0.398 e. The molecule has 0 radical (unpaired) electrons. The predicted octanol–water partition coefficient (Wildman–Crippen LogP) is 2.81. The summed E-state index contributed by atoms with van der Waals surface area (Å²) >= 11 is 3.37. The molecule has 5 nitrogen and oxygen atoms in total. The van der Waals surface area contributed by atoms with Gasteiger partial charge < -0.3 is 11.1 Å². The number of pyridine rings is 1. The zero-order valence-corrected chi connectivity index (χ0v) is 14.5. The first-order valence-corrected chi connectivity index (χ1v) is 9.07. The maximum absolute atomic E-state index is 11.8. The molecule has 0 amide bonds. The molecule has 3 N–H and O–H groups in total. The summed E-state index contributed by atoms with van der Waals surface area (Å²) in [7, 11) is -3.16. The minimum Gasteiger partial charge on any atom is -0.398 e. The number of halogens is 1. The molecule has 21 heavy (non-hydrogen) atoms. The molecule has 7 heteroatoms. The van der Waals surface area contributed by atoms with Gasteiger partial charge in [0.05, 0.1) is 16.0 Å². The zero-order chi connectivity index (χ0) is 15.8. The van der Waals surface area contributed by atoms with Crippen LogP contribution < -0.4 is 11.1 Å². The number of rotatable bonds is 4. The lowest BCUT2D eigenvalue weighted by Gasteiger charge is -2.23. The number of nitrogens with two attached hydrogens (primary N) is 1. The minimum absolute atomic E-state index is 0.294. The fourth-order valence-electron chi connectivity index (χ4n) is 1.80. The van der Waals surface area contributed by atoms with Crippen LogP contribution in [0.25, 0.3) is 10.9 Å². The first-order valence-electron chi connectivity index (χ1n) is 6.39. The van der Waals surface area contributed by atoms with Crippen molar-refractivity contribution < 1.29 is 8.42 Å². The summed E-state index contributed by atoms with van der Waals surface area (Å²) in [6.07, 6.45) is 2.93. The number of nitrogen functional groups attached to an aromatic ring is 1. The molecule has 2 rings (SSSR count). The second-order valence-electron chi connectivity index (χ2n) is 5.64. The van der Waals surface area contributed by atoms with E-state index in [1.165, 1.54) is 6.26 Å². The van der Waals surface area contributed by atoms with Crippen LogP contribution in [0.1, 0.15) is 13.8 Å². The number of nitrogens with one attached hydrogen (secondary N) is 1. The van der Waals surface area contributed by atoms with E-state index in [9.17, 15) is 8.42 Å². The van der Waals surface area contributed by atoms with Gasteiger partial charge in [-0.15, -0.1) is 0 Å². The molecule has 0 fully saturated rings. The van der Waals surface area contributed by atoms with Gasteiger partial charge in [-0.2, -0.15) is 0 Å². The van der Waals surface area contributed by atoms with E-state index in [-0.39, 0.29) is 0 Å². The third-order valence-corrected chi connectivity index (χ3v) is 6.14. The maximum atomic E-state index is 11.8. The van der Waals surface area contributed by atoms with Crippen LogP contribution in [0, 0.1) is 0 Å². The standard InChI is InChI=1S/C14H18BrN3O2S/c1-14(2,21(3,19)20)8-18-12-5-4-11(16)10-6-9(15)7-17-13(10)12/h4-7,18H,8,16H2,1-3H3. The number of aromatic nitrogens is 1. The Bertz CT molecular complexity index is 788.